The van der Waals surface area contributed by atoms with Crippen LogP contribution in [0.15, 0.2) is 71.3 Å². The van der Waals surface area contributed by atoms with E-state index in [9.17, 15) is 50.6 Å². The molecule has 0 bridgehead atoms. The Balaban J connectivity index is 1.91. The zero-order valence-electron chi connectivity index (χ0n) is 19.8. The molecule has 0 saturated heterocycles. The van der Waals surface area contributed by atoms with E-state index in [-0.39, 0.29) is 12.3 Å². The second kappa shape index (κ2) is 11.9. The van der Waals surface area contributed by atoms with Crippen molar-refractivity contribution < 1.29 is 64.5 Å². The van der Waals surface area contributed by atoms with Gasteiger partial charge in [0.1, 0.15) is 5.76 Å². The summed E-state index contributed by atoms with van der Waals surface area (Å²) >= 11 is 0. The smallest absolute Gasteiger partial charge is 0.416 e. The molecular formula is C25H17F6NO8. The van der Waals surface area contributed by atoms with Gasteiger partial charge in [0, 0.05) is 0 Å². The molecule has 0 aliphatic rings. The summed E-state index contributed by atoms with van der Waals surface area (Å²) in [6, 6.07) is 8.33. The van der Waals surface area contributed by atoms with E-state index in [4.69, 9.17) is 13.9 Å². The summed E-state index contributed by atoms with van der Waals surface area (Å²) in [5.41, 5.74) is -4.00. The number of amides is 1. The Bertz CT molecular complexity index is 1380. The maximum atomic E-state index is 13.1. The molecule has 2 N–H and O–H groups in total. The van der Waals surface area contributed by atoms with Gasteiger partial charge in [-0.15, -0.1) is 0 Å². The number of ether oxygens (including phenoxy) is 2. The maximum absolute atomic E-state index is 13.1. The van der Waals surface area contributed by atoms with Crippen molar-refractivity contribution in [2.24, 2.45) is 0 Å². The molecule has 0 fully saturated rings. The maximum Gasteiger partial charge on any atom is 0.416 e. The summed E-state index contributed by atoms with van der Waals surface area (Å²) in [6.45, 7) is -0.378. The van der Waals surface area contributed by atoms with E-state index in [0.717, 1.165) is 24.3 Å². The first kappa shape index (κ1) is 29.7. The minimum absolute atomic E-state index is 0.157. The zero-order valence-corrected chi connectivity index (χ0v) is 19.8. The van der Waals surface area contributed by atoms with Crippen LogP contribution in [-0.2, 0) is 38.0 Å². The summed E-state index contributed by atoms with van der Waals surface area (Å²) in [4.78, 5) is 50.1. The number of carboxylic acids is 1. The van der Waals surface area contributed by atoms with Gasteiger partial charge >= 0.3 is 30.3 Å². The van der Waals surface area contributed by atoms with Crippen molar-refractivity contribution in [3.05, 3.63) is 94.9 Å². The first-order valence-corrected chi connectivity index (χ1v) is 11.0. The molecule has 2 aromatic carbocycles. The number of carboxylic acid groups (broad SMARTS) is 1. The third-order valence-corrected chi connectivity index (χ3v) is 5.11. The molecule has 1 amide bonds. The van der Waals surface area contributed by atoms with Crippen LogP contribution in [0.1, 0.15) is 37.6 Å². The van der Waals surface area contributed by atoms with Gasteiger partial charge in [-0.1, -0.05) is 12.1 Å². The fraction of sp³-hybridized carbons (Fsp3) is 0.200. The molecule has 212 valence electrons. The lowest BCUT2D eigenvalue weighted by atomic mass is 10.1. The number of alkyl halides is 6. The van der Waals surface area contributed by atoms with E-state index in [1.54, 1.807) is 0 Å². The first-order valence-electron chi connectivity index (χ1n) is 11.0. The summed E-state index contributed by atoms with van der Waals surface area (Å²) in [6.07, 6.45) is -13.6. The standard InChI is InChI=1S/C25H17F6NO8/c26-24(27,28)15-6-1-4-13(10-15)22(36)39-18(20(33)32-12-17-8-3-9-38-17)19(21(34)35)40-23(37)14-5-2-7-16(11-14)25(29,30)31/h1-11,18-19H,12H2,(H,32,33)(H,34,35)/t18-,19+/m0/s1. The third-order valence-electron chi connectivity index (χ3n) is 5.11. The topological polar surface area (TPSA) is 132 Å². The quantitative estimate of drug-likeness (QED) is 0.283. The summed E-state index contributed by atoms with van der Waals surface area (Å²) < 4.78 is 92.9. The van der Waals surface area contributed by atoms with Gasteiger partial charge in [-0.3, -0.25) is 4.79 Å². The number of halogens is 6. The van der Waals surface area contributed by atoms with Crippen molar-refractivity contribution in [2.75, 3.05) is 0 Å². The lowest BCUT2D eigenvalue weighted by Gasteiger charge is -2.23. The first-order chi connectivity index (χ1) is 18.7. The molecule has 3 rings (SSSR count). The number of aliphatic carboxylic acids is 1. The summed E-state index contributed by atoms with van der Waals surface area (Å²) in [7, 11) is 0. The second-order valence-electron chi connectivity index (χ2n) is 7.94. The van der Waals surface area contributed by atoms with Crippen LogP contribution in [-0.4, -0.2) is 41.1 Å². The van der Waals surface area contributed by atoms with Crippen molar-refractivity contribution in [3.8, 4) is 0 Å². The lowest BCUT2D eigenvalue weighted by Crippen LogP contribution is -2.50. The largest absolute Gasteiger partial charge is 0.478 e. The second-order valence-corrected chi connectivity index (χ2v) is 7.94. The highest BCUT2D eigenvalue weighted by Gasteiger charge is 2.41. The van der Waals surface area contributed by atoms with Crippen LogP contribution >= 0.6 is 0 Å². The zero-order chi connectivity index (χ0) is 29.7. The molecule has 0 radical (unpaired) electrons. The van der Waals surface area contributed by atoms with E-state index in [2.05, 4.69) is 5.32 Å². The Morgan fingerprint density at radius 1 is 0.775 bits per heavy atom. The van der Waals surface area contributed by atoms with Crippen molar-refractivity contribution in [1.29, 1.82) is 0 Å². The normalized spacial score (nSPS) is 13.2. The minimum atomic E-state index is -4.86. The van der Waals surface area contributed by atoms with E-state index in [1.165, 1.54) is 18.4 Å². The van der Waals surface area contributed by atoms with E-state index >= 15 is 0 Å². The predicted octanol–water partition coefficient (Wildman–Crippen LogP) is 4.47. The van der Waals surface area contributed by atoms with Crippen LogP contribution in [0.2, 0.25) is 0 Å². The van der Waals surface area contributed by atoms with E-state index in [1.807, 2.05) is 0 Å². The molecule has 3 aromatic rings. The van der Waals surface area contributed by atoms with Crippen molar-refractivity contribution in [1.82, 2.24) is 5.32 Å². The number of carbonyl (C=O) groups excluding carboxylic acids is 3. The van der Waals surface area contributed by atoms with Gasteiger partial charge in [0.15, 0.2) is 0 Å². The van der Waals surface area contributed by atoms with Crippen LogP contribution in [0.3, 0.4) is 0 Å². The number of rotatable bonds is 9. The van der Waals surface area contributed by atoms with Gasteiger partial charge in [-0.05, 0) is 48.5 Å². The van der Waals surface area contributed by atoms with Gasteiger partial charge in [-0.25, -0.2) is 14.4 Å². The monoisotopic (exact) mass is 573 g/mol. The SMILES string of the molecule is O=C(O[C@H](C(=O)NCc1ccco1)[C@@H](OC(=O)c1cccc(C(F)(F)F)c1)C(=O)O)c1cccc(C(F)(F)F)c1. The van der Waals surface area contributed by atoms with Gasteiger partial charge in [0.2, 0.25) is 12.2 Å². The molecule has 0 aliphatic carbocycles. The predicted molar refractivity (Wildman–Crippen MR) is 119 cm³/mol. The number of benzene rings is 2. The van der Waals surface area contributed by atoms with Gasteiger partial charge in [0.05, 0.1) is 35.1 Å². The fourth-order valence-electron chi connectivity index (χ4n) is 3.19. The molecule has 9 nitrogen and oxygen atoms in total. The van der Waals surface area contributed by atoms with Crippen molar-refractivity contribution in [3.63, 3.8) is 0 Å². The number of nitrogens with one attached hydrogen (secondary N) is 1. The minimum Gasteiger partial charge on any atom is -0.478 e. The molecule has 0 saturated carbocycles. The Morgan fingerprint density at radius 2 is 1.27 bits per heavy atom. The molecule has 0 aliphatic heterocycles. The highest BCUT2D eigenvalue weighted by atomic mass is 19.4. The number of esters is 2. The van der Waals surface area contributed by atoms with Gasteiger partial charge in [-0.2, -0.15) is 26.3 Å². The summed E-state index contributed by atoms with van der Waals surface area (Å²) in [5.74, 6) is -6.50. The van der Waals surface area contributed by atoms with Gasteiger partial charge < -0.3 is 24.3 Å². The average Bonchev–Trinajstić information content (AvgIpc) is 3.42. The van der Waals surface area contributed by atoms with E-state index in [0.29, 0.717) is 24.3 Å². The molecule has 1 aromatic heterocycles. The van der Waals surface area contributed by atoms with Crippen LogP contribution < -0.4 is 5.32 Å². The molecule has 0 unspecified atom stereocenters. The Kier molecular flexibility index (Phi) is 8.86. The van der Waals surface area contributed by atoms with Crippen LogP contribution in [0.5, 0.6) is 0 Å². The number of hydrogen-bond donors (Lipinski definition) is 2. The average molecular weight is 573 g/mol. The van der Waals surface area contributed by atoms with Crippen LogP contribution in [0.4, 0.5) is 26.3 Å². The van der Waals surface area contributed by atoms with Crippen LogP contribution in [0, 0.1) is 0 Å². The third kappa shape index (κ3) is 7.61. The summed E-state index contributed by atoms with van der Waals surface area (Å²) in [5, 5.41) is 11.8. The number of hydrogen-bond acceptors (Lipinski definition) is 7. The highest BCUT2D eigenvalue weighted by molar-refractivity contribution is 5.97. The highest BCUT2D eigenvalue weighted by Crippen LogP contribution is 2.31. The van der Waals surface area contributed by atoms with Crippen molar-refractivity contribution >= 4 is 23.8 Å². The molecule has 15 heteroatoms. The molecule has 0 spiro atoms. The van der Waals surface area contributed by atoms with Crippen molar-refractivity contribution in [2.45, 2.75) is 31.1 Å². The fourth-order valence-corrected chi connectivity index (χ4v) is 3.19. The molecular weight excluding hydrogens is 556 g/mol. The lowest BCUT2D eigenvalue weighted by molar-refractivity contribution is -0.159. The molecule has 40 heavy (non-hydrogen) atoms. The number of furan rings is 1. The van der Waals surface area contributed by atoms with Crippen LogP contribution in [0.25, 0.3) is 0 Å². The molecule has 2 atom stereocenters. The Labute approximate surface area is 220 Å². The molecule has 1 heterocycles. The van der Waals surface area contributed by atoms with E-state index < -0.39 is 70.6 Å². The Hall–Kier alpha value is -4.82. The van der Waals surface area contributed by atoms with Gasteiger partial charge in [0.25, 0.3) is 5.91 Å². The Morgan fingerprint density at radius 3 is 1.70 bits per heavy atom. The number of carbonyl (C=O) groups is 4.